The second-order valence-corrected chi connectivity index (χ2v) is 7.38. The summed E-state index contributed by atoms with van der Waals surface area (Å²) in [6.07, 6.45) is 6.75. The Morgan fingerprint density at radius 2 is 1.89 bits per heavy atom. The number of guanidine groups is 1. The molecular weight excluding hydrogens is 340 g/mol. The number of hydrogen-bond acceptors (Lipinski definition) is 4. The van der Waals surface area contributed by atoms with Gasteiger partial charge in [-0.3, -0.25) is 9.89 Å². The van der Waals surface area contributed by atoms with Crippen LogP contribution in [0.4, 0.5) is 0 Å². The lowest BCUT2D eigenvalue weighted by atomic mass is 9.92. The monoisotopic (exact) mass is 380 g/mol. The molecule has 2 aliphatic heterocycles. The summed E-state index contributed by atoms with van der Waals surface area (Å²) in [4.78, 5) is 7.54. The molecule has 0 bridgehead atoms. The van der Waals surface area contributed by atoms with Gasteiger partial charge in [-0.2, -0.15) is 0 Å². The second kappa shape index (κ2) is 13.1. The van der Waals surface area contributed by atoms with Gasteiger partial charge in [-0.15, -0.1) is 0 Å². The van der Waals surface area contributed by atoms with Gasteiger partial charge in [0.15, 0.2) is 5.96 Å². The molecule has 2 N–H and O–H groups in total. The number of ether oxygens (including phenoxy) is 2. The summed E-state index contributed by atoms with van der Waals surface area (Å²) < 4.78 is 10.9. The average molecular weight is 381 g/mol. The zero-order chi connectivity index (χ0) is 19.3. The van der Waals surface area contributed by atoms with Crippen molar-refractivity contribution < 1.29 is 9.47 Å². The van der Waals surface area contributed by atoms with Gasteiger partial charge < -0.3 is 20.1 Å². The van der Waals surface area contributed by atoms with Crippen LogP contribution in [0.2, 0.25) is 0 Å². The third-order valence-corrected chi connectivity index (χ3v) is 5.68. The van der Waals surface area contributed by atoms with E-state index in [1.807, 2.05) is 0 Å². The lowest BCUT2D eigenvalue weighted by Crippen LogP contribution is -2.49. The van der Waals surface area contributed by atoms with Crippen LogP contribution in [0.3, 0.4) is 0 Å². The van der Waals surface area contributed by atoms with Crippen LogP contribution in [-0.2, 0) is 9.47 Å². The van der Waals surface area contributed by atoms with Crippen molar-refractivity contribution in [2.75, 3.05) is 59.2 Å². The van der Waals surface area contributed by atoms with E-state index in [9.17, 15) is 0 Å². The summed E-state index contributed by atoms with van der Waals surface area (Å²) in [6.45, 7) is 14.7. The standard InChI is InChI=1S/C21H40N4O2/c1-4-19(5-2)20(25-11-15-27-16-12-25)17-24-21(22-6-3)23-10-7-18-8-13-26-14-9-18/h8,19-20H,4-7,9-17H2,1-3H3,(H2,22,23,24). The molecule has 6 nitrogen and oxygen atoms in total. The van der Waals surface area contributed by atoms with Gasteiger partial charge >= 0.3 is 0 Å². The predicted molar refractivity (Wildman–Crippen MR) is 112 cm³/mol. The van der Waals surface area contributed by atoms with Crippen LogP contribution >= 0.6 is 0 Å². The molecule has 2 heterocycles. The van der Waals surface area contributed by atoms with Crippen molar-refractivity contribution >= 4 is 5.96 Å². The van der Waals surface area contributed by atoms with Gasteiger partial charge in [0.2, 0.25) is 0 Å². The van der Waals surface area contributed by atoms with E-state index in [0.29, 0.717) is 12.0 Å². The van der Waals surface area contributed by atoms with E-state index in [0.717, 1.165) is 78.0 Å². The van der Waals surface area contributed by atoms with Gasteiger partial charge in [-0.1, -0.05) is 38.3 Å². The van der Waals surface area contributed by atoms with Crippen molar-refractivity contribution in [2.45, 2.75) is 52.5 Å². The molecule has 0 aromatic heterocycles. The molecule has 27 heavy (non-hydrogen) atoms. The maximum Gasteiger partial charge on any atom is 0.191 e. The van der Waals surface area contributed by atoms with Crippen molar-refractivity contribution in [3.63, 3.8) is 0 Å². The summed E-state index contributed by atoms with van der Waals surface area (Å²) in [6, 6.07) is 0.498. The predicted octanol–water partition coefficient (Wildman–Crippen LogP) is 2.42. The van der Waals surface area contributed by atoms with Crippen LogP contribution in [0.15, 0.2) is 16.6 Å². The molecule has 0 aliphatic carbocycles. The van der Waals surface area contributed by atoms with E-state index in [4.69, 9.17) is 14.5 Å². The van der Waals surface area contributed by atoms with E-state index in [1.165, 1.54) is 18.4 Å². The van der Waals surface area contributed by atoms with Gasteiger partial charge in [-0.25, -0.2) is 0 Å². The lowest BCUT2D eigenvalue weighted by molar-refractivity contribution is 0.00395. The van der Waals surface area contributed by atoms with Crippen molar-refractivity contribution in [3.05, 3.63) is 11.6 Å². The van der Waals surface area contributed by atoms with E-state index >= 15 is 0 Å². The first-order valence-electron chi connectivity index (χ1n) is 10.9. The molecule has 0 aromatic carbocycles. The molecule has 2 aliphatic rings. The van der Waals surface area contributed by atoms with Crippen molar-refractivity contribution in [2.24, 2.45) is 10.9 Å². The summed E-state index contributed by atoms with van der Waals surface area (Å²) in [7, 11) is 0. The number of aliphatic imine (C=N–C) groups is 1. The number of rotatable bonds is 10. The van der Waals surface area contributed by atoms with E-state index in [-0.39, 0.29) is 0 Å². The molecule has 1 atom stereocenters. The largest absolute Gasteiger partial charge is 0.379 e. The number of nitrogens with zero attached hydrogens (tertiary/aromatic N) is 2. The van der Waals surface area contributed by atoms with Crippen LogP contribution in [0, 0.1) is 5.92 Å². The molecule has 1 unspecified atom stereocenters. The number of hydrogen-bond donors (Lipinski definition) is 2. The summed E-state index contributed by atoms with van der Waals surface area (Å²) >= 11 is 0. The molecular formula is C21H40N4O2. The molecule has 6 heteroatoms. The Morgan fingerprint density at radius 3 is 2.52 bits per heavy atom. The molecule has 2 rings (SSSR count). The van der Waals surface area contributed by atoms with Crippen molar-refractivity contribution in [3.8, 4) is 0 Å². The molecule has 156 valence electrons. The Labute approximate surface area is 165 Å². The van der Waals surface area contributed by atoms with Crippen LogP contribution in [0.5, 0.6) is 0 Å². The number of nitrogens with one attached hydrogen (secondary N) is 2. The quantitative estimate of drug-likeness (QED) is 0.346. The zero-order valence-electron chi connectivity index (χ0n) is 17.6. The Hall–Kier alpha value is -1.11. The summed E-state index contributed by atoms with van der Waals surface area (Å²) in [5.74, 6) is 1.62. The van der Waals surface area contributed by atoms with E-state index in [1.54, 1.807) is 0 Å². The fraction of sp³-hybridized carbons (Fsp3) is 0.857. The van der Waals surface area contributed by atoms with Crippen molar-refractivity contribution in [1.29, 1.82) is 0 Å². The average Bonchev–Trinajstić information content (AvgIpc) is 2.72. The Morgan fingerprint density at radius 1 is 1.11 bits per heavy atom. The Balaban J connectivity index is 1.92. The normalized spacial score (nSPS) is 20.4. The molecule has 0 amide bonds. The lowest BCUT2D eigenvalue weighted by Gasteiger charge is -2.38. The molecule has 1 saturated heterocycles. The Kier molecular flexibility index (Phi) is 10.8. The minimum absolute atomic E-state index is 0.498. The second-order valence-electron chi connectivity index (χ2n) is 7.38. The topological polar surface area (TPSA) is 58.1 Å². The van der Waals surface area contributed by atoms with E-state index in [2.05, 4.69) is 42.4 Å². The van der Waals surface area contributed by atoms with Crippen LogP contribution in [0.25, 0.3) is 0 Å². The highest BCUT2D eigenvalue weighted by Crippen LogP contribution is 2.20. The highest BCUT2D eigenvalue weighted by Gasteiger charge is 2.26. The maximum atomic E-state index is 5.56. The van der Waals surface area contributed by atoms with Crippen LogP contribution in [0.1, 0.15) is 46.5 Å². The SMILES string of the molecule is CCNC(=NCC(C(CC)CC)N1CCOCC1)NCCC1=CCOCC1. The first kappa shape index (κ1) is 22.2. The highest BCUT2D eigenvalue weighted by molar-refractivity contribution is 5.79. The highest BCUT2D eigenvalue weighted by atomic mass is 16.5. The Bertz CT molecular complexity index is 457. The van der Waals surface area contributed by atoms with Crippen LogP contribution in [-0.4, -0.2) is 76.1 Å². The fourth-order valence-electron chi connectivity index (χ4n) is 3.97. The zero-order valence-corrected chi connectivity index (χ0v) is 17.6. The minimum atomic E-state index is 0.498. The molecule has 0 saturated carbocycles. The number of morpholine rings is 1. The molecule has 0 radical (unpaired) electrons. The van der Waals surface area contributed by atoms with Crippen LogP contribution < -0.4 is 10.6 Å². The van der Waals surface area contributed by atoms with Gasteiger partial charge in [0.05, 0.1) is 33.0 Å². The fourth-order valence-corrected chi connectivity index (χ4v) is 3.97. The molecule has 0 spiro atoms. The molecule has 1 fully saturated rings. The first-order valence-corrected chi connectivity index (χ1v) is 10.9. The van der Waals surface area contributed by atoms with Gasteiger partial charge in [0.25, 0.3) is 0 Å². The summed E-state index contributed by atoms with van der Waals surface area (Å²) in [5, 5.41) is 6.92. The van der Waals surface area contributed by atoms with Gasteiger partial charge in [0, 0.05) is 32.2 Å². The third-order valence-electron chi connectivity index (χ3n) is 5.68. The maximum absolute atomic E-state index is 5.56. The van der Waals surface area contributed by atoms with Gasteiger partial charge in [-0.05, 0) is 25.7 Å². The summed E-state index contributed by atoms with van der Waals surface area (Å²) in [5.41, 5.74) is 1.49. The third kappa shape index (κ3) is 7.80. The first-order chi connectivity index (χ1) is 13.3. The smallest absolute Gasteiger partial charge is 0.191 e. The van der Waals surface area contributed by atoms with Gasteiger partial charge in [0.1, 0.15) is 0 Å². The minimum Gasteiger partial charge on any atom is -0.379 e. The van der Waals surface area contributed by atoms with E-state index < -0.39 is 0 Å². The van der Waals surface area contributed by atoms with Crippen molar-refractivity contribution in [1.82, 2.24) is 15.5 Å². The molecule has 0 aromatic rings.